The third-order valence-corrected chi connectivity index (χ3v) is 4.68. The van der Waals surface area contributed by atoms with Gasteiger partial charge in [0.25, 0.3) is 11.7 Å². The lowest BCUT2D eigenvalue weighted by atomic mass is 9.95. The topological polar surface area (TPSA) is 76.1 Å². The fourth-order valence-corrected chi connectivity index (χ4v) is 3.35. The molecule has 1 amide bonds. The number of carbonyl (C=O) groups excluding carboxylic acids is 2. The Morgan fingerprint density at radius 1 is 1.17 bits per heavy atom. The Labute approximate surface area is 168 Å². The van der Waals surface area contributed by atoms with Gasteiger partial charge in [-0.05, 0) is 48.9 Å². The van der Waals surface area contributed by atoms with Gasteiger partial charge in [-0.3, -0.25) is 9.59 Å². The average Bonchev–Trinajstić information content (AvgIpc) is 2.97. The molecule has 2 aromatic carbocycles. The third kappa shape index (κ3) is 4.14. The second kappa shape index (κ2) is 8.87. The van der Waals surface area contributed by atoms with E-state index in [0.29, 0.717) is 17.9 Å². The van der Waals surface area contributed by atoms with Crippen LogP contribution in [0.4, 0.5) is 4.39 Å². The number of carbonyl (C=O) groups is 2. The summed E-state index contributed by atoms with van der Waals surface area (Å²) in [6, 6.07) is 11.3. The number of nitrogens with zero attached hydrogens (tertiary/aromatic N) is 1. The highest BCUT2D eigenvalue weighted by atomic mass is 19.1. The Balaban J connectivity index is 2.14. The molecular weight excluding hydrogens is 377 g/mol. The first-order valence-electron chi connectivity index (χ1n) is 9.24. The summed E-state index contributed by atoms with van der Waals surface area (Å²) in [5.74, 6) is -1.76. The first-order valence-corrected chi connectivity index (χ1v) is 9.24. The number of hydrogen-bond donors (Lipinski definition) is 1. The van der Waals surface area contributed by atoms with Crippen molar-refractivity contribution in [1.29, 1.82) is 0 Å². The van der Waals surface area contributed by atoms with E-state index in [1.165, 1.54) is 36.3 Å². The van der Waals surface area contributed by atoms with E-state index in [9.17, 15) is 19.1 Å². The van der Waals surface area contributed by atoms with Crippen LogP contribution in [-0.4, -0.2) is 48.6 Å². The van der Waals surface area contributed by atoms with Gasteiger partial charge in [-0.1, -0.05) is 12.1 Å². The summed E-state index contributed by atoms with van der Waals surface area (Å²) in [5, 5.41) is 10.8. The molecule has 1 aliphatic rings. The molecule has 0 radical (unpaired) electrons. The van der Waals surface area contributed by atoms with Gasteiger partial charge in [0, 0.05) is 19.2 Å². The van der Waals surface area contributed by atoms with Gasteiger partial charge in [-0.15, -0.1) is 0 Å². The van der Waals surface area contributed by atoms with Gasteiger partial charge in [0.15, 0.2) is 0 Å². The van der Waals surface area contributed by atoms with Crippen LogP contribution < -0.4 is 4.74 Å². The maximum Gasteiger partial charge on any atom is 0.295 e. The SMILES string of the molecule is CCOc1cccc(C2/C(=C(\O)c3ccc(F)cc3)C(=O)C(=O)N2CCOC)c1. The zero-order valence-corrected chi connectivity index (χ0v) is 16.2. The van der Waals surface area contributed by atoms with Crippen LogP contribution in [0.5, 0.6) is 5.75 Å². The lowest BCUT2D eigenvalue weighted by Gasteiger charge is -2.25. The highest BCUT2D eigenvalue weighted by Crippen LogP contribution is 2.40. The molecule has 1 fully saturated rings. The van der Waals surface area contributed by atoms with E-state index in [1.807, 2.05) is 6.92 Å². The van der Waals surface area contributed by atoms with E-state index in [2.05, 4.69) is 0 Å². The molecule has 2 aromatic rings. The zero-order chi connectivity index (χ0) is 21.0. The number of aliphatic hydroxyl groups excluding tert-OH is 1. The van der Waals surface area contributed by atoms with Crippen LogP contribution in [0.2, 0.25) is 0 Å². The third-order valence-electron chi connectivity index (χ3n) is 4.68. The van der Waals surface area contributed by atoms with Crippen LogP contribution in [0.1, 0.15) is 24.1 Å². The maximum absolute atomic E-state index is 13.3. The van der Waals surface area contributed by atoms with E-state index < -0.39 is 23.5 Å². The number of methoxy groups -OCH3 is 1. The number of aliphatic hydroxyl groups is 1. The molecule has 1 saturated heterocycles. The molecule has 152 valence electrons. The molecule has 0 bridgehead atoms. The quantitative estimate of drug-likeness (QED) is 0.439. The van der Waals surface area contributed by atoms with E-state index >= 15 is 0 Å². The van der Waals surface area contributed by atoms with Crippen LogP contribution in [0.15, 0.2) is 54.1 Å². The summed E-state index contributed by atoms with van der Waals surface area (Å²) < 4.78 is 23.9. The summed E-state index contributed by atoms with van der Waals surface area (Å²) in [4.78, 5) is 26.9. The highest BCUT2D eigenvalue weighted by molar-refractivity contribution is 6.46. The van der Waals surface area contributed by atoms with Gasteiger partial charge >= 0.3 is 0 Å². The molecule has 1 unspecified atom stereocenters. The Kier molecular flexibility index (Phi) is 6.29. The molecule has 6 nitrogen and oxygen atoms in total. The molecule has 7 heteroatoms. The monoisotopic (exact) mass is 399 g/mol. The van der Waals surface area contributed by atoms with Crippen molar-refractivity contribution in [2.24, 2.45) is 0 Å². The Morgan fingerprint density at radius 3 is 2.55 bits per heavy atom. The number of ether oxygens (including phenoxy) is 2. The van der Waals surface area contributed by atoms with Crippen molar-refractivity contribution in [2.45, 2.75) is 13.0 Å². The van der Waals surface area contributed by atoms with Crippen molar-refractivity contribution in [3.05, 3.63) is 71.0 Å². The first-order chi connectivity index (χ1) is 14.0. The van der Waals surface area contributed by atoms with Crippen molar-refractivity contribution in [1.82, 2.24) is 4.90 Å². The van der Waals surface area contributed by atoms with Crippen molar-refractivity contribution >= 4 is 17.4 Å². The fraction of sp³-hybridized carbons (Fsp3) is 0.273. The molecule has 0 aromatic heterocycles. The number of likely N-dealkylation sites (tertiary alicyclic amines) is 1. The number of rotatable bonds is 7. The van der Waals surface area contributed by atoms with E-state index in [0.717, 1.165) is 0 Å². The number of ketones is 1. The Morgan fingerprint density at radius 2 is 1.90 bits per heavy atom. The molecule has 1 atom stereocenters. The molecule has 1 heterocycles. The van der Waals surface area contributed by atoms with Gasteiger partial charge in [-0.25, -0.2) is 4.39 Å². The lowest BCUT2D eigenvalue weighted by molar-refractivity contribution is -0.140. The van der Waals surface area contributed by atoms with E-state index in [-0.39, 0.29) is 30.0 Å². The van der Waals surface area contributed by atoms with Crippen LogP contribution in [0.3, 0.4) is 0 Å². The fourth-order valence-electron chi connectivity index (χ4n) is 3.35. The Bertz CT molecular complexity index is 938. The minimum absolute atomic E-state index is 0.0497. The van der Waals surface area contributed by atoms with Gasteiger partial charge in [-0.2, -0.15) is 0 Å². The second-order valence-corrected chi connectivity index (χ2v) is 6.50. The summed E-state index contributed by atoms with van der Waals surface area (Å²) in [5.41, 5.74) is 0.823. The van der Waals surface area contributed by atoms with E-state index in [1.54, 1.807) is 24.3 Å². The lowest BCUT2D eigenvalue weighted by Crippen LogP contribution is -2.32. The minimum Gasteiger partial charge on any atom is -0.507 e. The summed E-state index contributed by atoms with van der Waals surface area (Å²) in [6.45, 7) is 2.71. The van der Waals surface area contributed by atoms with Crippen molar-refractivity contribution in [3.63, 3.8) is 0 Å². The van der Waals surface area contributed by atoms with Crippen LogP contribution in [-0.2, 0) is 14.3 Å². The summed E-state index contributed by atoms with van der Waals surface area (Å²) in [7, 11) is 1.50. The smallest absolute Gasteiger partial charge is 0.295 e. The van der Waals surface area contributed by atoms with Gasteiger partial charge < -0.3 is 19.5 Å². The zero-order valence-electron chi connectivity index (χ0n) is 16.2. The molecule has 0 aliphatic carbocycles. The van der Waals surface area contributed by atoms with Crippen LogP contribution >= 0.6 is 0 Å². The standard InChI is InChI=1S/C22H22FNO5/c1-3-29-17-6-4-5-15(13-17)19-18(20(25)14-7-9-16(23)10-8-14)21(26)22(27)24(19)11-12-28-2/h4-10,13,19,25H,3,11-12H2,1-2H3/b20-18+. The average molecular weight is 399 g/mol. The molecule has 29 heavy (non-hydrogen) atoms. The van der Waals surface area contributed by atoms with Gasteiger partial charge in [0.2, 0.25) is 0 Å². The Hall–Kier alpha value is -3.19. The van der Waals surface area contributed by atoms with Crippen LogP contribution in [0, 0.1) is 5.82 Å². The van der Waals surface area contributed by atoms with Gasteiger partial charge in [0.05, 0.1) is 24.8 Å². The number of amides is 1. The van der Waals surface area contributed by atoms with Crippen molar-refractivity contribution in [3.8, 4) is 5.75 Å². The molecule has 0 spiro atoms. The predicted octanol–water partition coefficient (Wildman–Crippen LogP) is 3.29. The van der Waals surface area contributed by atoms with Crippen molar-refractivity contribution < 1.29 is 28.6 Å². The molecule has 1 N–H and O–H groups in total. The predicted molar refractivity (Wildman–Crippen MR) is 105 cm³/mol. The second-order valence-electron chi connectivity index (χ2n) is 6.50. The normalized spacial score (nSPS) is 18.3. The summed E-state index contributed by atoms with van der Waals surface area (Å²) in [6.07, 6.45) is 0. The molecule has 1 aliphatic heterocycles. The number of Topliss-reactive ketones (excluding diaryl/α,β-unsaturated/α-hetero) is 1. The number of benzene rings is 2. The minimum atomic E-state index is -0.810. The van der Waals surface area contributed by atoms with Crippen molar-refractivity contribution in [2.75, 3.05) is 26.9 Å². The highest BCUT2D eigenvalue weighted by Gasteiger charge is 2.45. The molecule has 3 rings (SSSR count). The number of hydrogen-bond acceptors (Lipinski definition) is 5. The largest absolute Gasteiger partial charge is 0.507 e. The van der Waals surface area contributed by atoms with E-state index in [4.69, 9.17) is 9.47 Å². The number of halogens is 1. The first kappa shape index (κ1) is 20.5. The molecular formula is C22H22FNO5. The molecule has 0 saturated carbocycles. The maximum atomic E-state index is 13.3. The summed E-state index contributed by atoms with van der Waals surface area (Å²) >= 11 is 0. The van der Waals surface area contributed by atoms with Crippen LogP contribution in [0.25, 0.3) is 5.76 Å². The van der Waals surface area contributed by atoms with Gasteiger partial charge in [0.1, 0.15) is 17.3 Å².